The van der Waals surface area contributed by atoms with E-state index in [-0.39, 0.29) is 5.75 Å². The molecule has 7 heteroatoms. The minimum atomic E-state index is -3.25. The van der Waals surface area contributed by atoms with Crippen LogP contribution in [-0.4, -0.2) is 56.3 Å². The van der Waals surface area contributed by atoms with Crippen molar-refractivity contribution in [1.29, 1.82) is 0 Å². The van der Waals surface area contributed by atoms with Gasteiger partial charge in [-0.2, -0.15) is 4.31 Å². The molecule has 1 aromatic carbocycles. The fourth-order valence-corrected chi connectivity index (χ4v) is 4.35. The molecular weight excluding hydrogens is 338 g/mol. The fourth-order valence-electron chi connectivity index (χ4n) is 3.03. The third-order valence-electron chi connectivity index (χ3n) is 4.31. The molecule has 6 nitrogen and oxygen atoms in total. The lowest BCUT2D eigenvalue weighted by Gasteiger charge is -2.26. The number of hydrogen-bond acceptors (Lipinski definition) is 5. The highest BCUT2D eigenvalue weighted by atomic mass is 32.2. The summed E-state index contributed by atoms with van der Waals surface area (Å²) in [7, 11) is -3.25. The Kier molecular flexibility index (Phi) is 5.88. The first-order valence-corrected chi connectivity index (χ1v) is 10.4. The number of hydrogen-bond donors (Lipinski definition) is 1. The maximum atomic E-state index is 12.4. The molecule has 0 bridgehead atoms. The first-order chi connectivity index (χ1) is 12.1. The predicted molar refractivity (Wildman–Crippen MR) is 100 cm³/mol. The van der Waals surface area contributed by atoms with Gasteiger partial charge in [0.25, 0.3) is 0 Å². The number of para-hydroxylation sites is 1. The van der Waals surface area contributed by atoms with Gasteiger partial charge in [0.05, 0.1) is 24.5 Å². The predicted octanol–water partition coefficient (Wildman–Crippen LogP) is 2.26. The first kappa shape index (κ1) is 18.1. The van der Waals surface area contributed by atoms with Crippen LogP contribution in [0, 0.1) is 0 Å². The zero-order chi connectivity index (χ0) is 17.7. The van der Waals surface area contributed by atoms with Crippen LogP contribution in [0.4, 0.5) is 5.69 Å². The number of anilines is 1. The molecule has 3 rings (SSSR count). The molecule has 0 spiro atoms. The Morgan fingerprint density at radius 1 is 1.24 bits per heavy atom. The van der Waals surface area contributed by atoms with Gasteiger partial charge in [0.2, 0.25) is 10.0 Å². The molecule has 1 saturated heterocycles. The maximum Gasteiger partial charge on any atom is 0.215 e. The zero-order valence-corrected chi connectivity index (χ0v) is 15.4. The smallest absolute Gasteiger partial charge is 0.215 e. The number of rotatable bonds is 7. The average Bonchev–Trinajstić information content (AvgIpc) is 2.62. The fraction of sp³-hybridized carbons (Fsp3) is 0.500. The SMILES string of the molecule is CCCc1cc(NCCS(=O)(=O)N2CCOCC2)c2ccccc2n1. The normalized spacial score (nSPS) is 16.2. The molecule has 0 amide bonds. The largest absolute Gasteiger partial charge is 0.383 e. The summed E-state index contributed by atoms with van der Waals surface area (Å²) in [5.74, 6) is 0.0762. The highest BCUT2D eigenvalue weighted by Gasteiger charge is 2.23. The standard InChI is InChI=1S/C18H25N3O3S/c1-2-5-15-14-18(16-6-3-4-7-17(16)20-15)19-8-13-25(22,23)21-9-11-24-12-10-21/h3-4,6-7,14H,2,5,8-13H2,1H3,(H,19,20). The lowest BCUT2D eigenvalue weighted by molar-refractivity contribution is 0.0731. The molecule has 0 unspecified atom stereocenters. The Hall–Kier alpha value is -1.70. The highest BCUT2D eigenvalue weighted by molar-refractivity contribution is 7.89. The lowest BCUT2D eigenvalue weighted by atomic mass is 10.1. The second kappa shape index (κ2) is 8.12. The van der Waals surface area contributed by atoms with Gasteiger partial charge in [-0.3, -0.25) is 4.98 Å². The van der Waals surface area contributed by atoms with Crippen LogP contribution < -0.4 is 5.32 Å². The number of nitrogens with one attached hydrogen (secondary N) is 1. The summed E-state index contributed by atoms with van der Waals surface area (Å²) in [4.78, 5) is 4.68. The van der Waals surface area contributed by atoms with Crippen LogP contribution in [0.3, 0.4) is 0 Å². The number of pyridine rings is 1. The number of benzene rings is 1. The average molecular weight is 363 g/mol. The van der Waals surface area contributed by atoms with Crippen LogP contribution in [0.2, 0.25) is 0 Å². The van der Waals surface area contributed by atoms with Gasteiger partial charge in [-0.1, -0.05) is 31.5 Å². The van der Waals surface area contributed by atoms with Crippen LogP contribution in [0.5, 0.6) is 0 Å². The van der Waals surface area contributed by atoms with Crippen molar-refractivity contribution in [2.24, 2.45) is 0 Å². The molecule has 1 fully saturated rings. The summed E-state index contributed by atoms with van der Waals surface area (Å²) in [6.07, 6.45) is 1.93. The van der Waals surface area contributed by atoms with E-state index in [4.69, 9.17) is 4.74 Å². The molecule has 25 heavy (non-hydrogen) atoms. The highest BCUT2D eigenvalue weighted by Crippen LogP contribution is 2.23. The van der Waals surface area contributed by atoms with Crippen LogP contribution in [0.25, 0.3) is 10.9 Å². The van der Waals surface area contributed by atoms with Gasteiger partial charge in [-0.05, 0) is 18.6 Å². The Morgan fingerprint density at radius 3 is 2.76 bits per heavy atom. The van der Waals surface area contributed by atoms with Crippen molar-refractivity contribution in [1.82, 2.24) is 9.29 Å². The van der Waals surface area contributed by atoms with Crippen LogP contribution in [0.15, 0.2) is 30.3 Å². The van der Waals surface area contributed by atoms with E-state index in [0.717, 1.165) is 35.1 Å². The molecule has 0 aliphatic carbocycles. The van der Waals surface area contributed by atoms with Crippen LogP contribution in [-0.2, 0) is 21.2 Å². The molecule has 0 saturated carbocycles. The van der Waals surface area contributed by atoms with Crippen molar-refractivity contribution < 1.29 is 13.2 Å². The van der Waals surface area contributed by atoms with Gasteiger partial charge in [-0.15, -0.1) is 0 Å². The number of aromatic nitrogens is 1. The number of morpholine rings is 1. The van der Waals surface area contributed by atoms with E-state index in [1.807, 2.05) is 30.3 Å². The second-order valence-electron chi connectivity index (χ2n) is 6.18. The quantitative estimate of drug-likeness (QED) is 0.817. The van der Waals surface area contributed by atoms with E-state index in [0.29, 0.717) is 32.8 Å². The van der Waals surface area contributed by atoms with Gasteiger partial charge in [0.1, 0.15) is 0 Å². The lowest BCUT2D eigenvalue weighted by Crippen LogP contribution is -2.42. The summed E-state index contributed by atoms with van der Waals surface area (Å²) < 4.78 is 31.6. The van der Waals surface area contributed by atoms with E-state index >= 15 is 0 Å². The van der Waals surface area contributed by atoms with Gasteiger partial charge < -0.3 is 10.1 Å². The first-order valence-electron chi connectivity index (χ1n) is 8.78. The Balaban J connectivity index is 1.72. The van der Waals surface area contributed by atoms with Crippen molar-refractivity contribution in [2.45, 2.75) is 19.8 Å². The van der Waals surface area contributed by atoms with Gasteiger partial charge in [0.15, 0.2) is 0 Å². The molecule has 2 aromatic rings. The van der Waals surface area contributed by atoms with Crippen LogP contribution in [0.1, 0.15) is 19.0 Å². The zero-order valence-electron chi connectivity index (χ0n) is 14.6. The number of sulfonamides is 1. The molecule has 1 aliphatic rings. The minimum Gasteiger partial charge on any atom is -0.383 e. The van der Waals surface area contributed by atoms with Gasteiger partial charge in [-0.25, -0.2) is 8.42 Å². The Morgan fingerprint density at radius 2 is 2.00 bits per heavy atom. The van der Waals surface area contributed by atoms with E-state index in [1.54, 1.807) is 0 Å². The Labute approximate surface area is 149 Å². The van der Waals surface area contributed by atoms with Crippen molar-refractivity contribution in [2.75, 3.05) is 43.9 Å². The van der Waals surface area contributed by atoms with Crippen LogP contribution >= 0.6 is 0 Å². The molecular formula is C18H25N3O3S. The molecule has 1 aromatic heterocycles. The van der Waals surface area contributed by atoms with Crippen molar-refractivity contribution in [3.8, 4) is 0 Å². The second-order valence-corrected chi connectivity index (χ2v) is 8.27. The monoisotopic (exact) mass is 363 g/mol. The molecule has 1 aliphatic heterocycles. The van der Waals surface area contributed by atoms with Crippen molar-refractivity contribution in [3.05, 3.63) is 36.0 Å². The number of ether oxygens (including phenoxy) is 1. The Bertz CT molecular complexity index is 817. The van der Waals surface area contributed by atoms with Crippen molar-refractivity contribution in [3.63, 3.8) is 0 Å². The summed E-state index contributed by atoms with van der Waals surface area (Å²) >= 11 is 0. The number of fused-ring (bicyclic) bond motifs is 1. The molecule has 0 radical (unpaired) electrons. The van der Waals surface area contributed by atoms with E-state index in [1.165, 1.54) is 4.31 Å². The van der Waals surface area contributed by atoms with E-state index < -0.39 is 10.0 Å². The molecule has 1 N–H and O–H groups in total. The summed E-state index contributed by atoms with van der Waals surface area (Å²) in [6, 6.07) is 9.98. The summed E-state index contributed by atoms with van der Waals surface area (Å²) in [5, 5.41) is 4.32. The molecule has 136 valence electrons. The van der Waals surface area contributed by atoms with Crippen molar-refractivity contribution >= 4 is 26.6 Å². The summed E-state index contributed by atoms with van der Waals surface area (Å²) in [5.41, 5.74) is 2.91. The van der Waals surface area contributed by atoms with Gasteiger partial charge in [0, 0.05) is 36.4 Å². The molecule has 0 atom stereocenters. The van der Waals surface area contributed by atoms with Gasteiger partial charge >= 0.3 is 0 Å². The number of nitrogens with zero attached hydrogens (tertiary/aromatic N) is 2. The third kappa shape index (κ3) is 4.48. The topological polar surface area (TPSA) is 71.5 Å². The van der Waals surface area contributed by atoms with E-state index in [9.17, 15) is 8.42 Å². The summed E-state index contributed by atoms with van der Waals surface area (Å²) in [6.45, 7) is 4.34. The molecule has 2 heterocycles. The minimum absolute atomic E-state index is 0.0762. The number of aryl methyl sites for hydroxylation is 1. The van der Waals surface area contributed by atoms with E-state index in [2.05, 4.69) is 17.2 Å². The third-order valence-corrected chi connectivity index (χ3v) is 6.19. The maximum absolute atomic E-state index is 12.4.